The minimum atomic E-state index is -1.12. The lowest BCUT2D eigenvalue weighted by Gasteiger charge is -2.08. The summed E-state index contributed by atoms with van der Waals surface area (Å²) >= 11 is 0. The van der Waals surface area contributed by atoms with E-state index in [-0.39, 0.29) is 22.9 Å². The number of carboxylic acid groups (broad SMARTS) is 1. The first-order valence-electron chi connectivity index (χ1n) is 7.17. The maximum Gasteiger partial charge on any atom is 0.320 e. The van der Waals surface area contributed by atoms with Crippen LogP contribution < -0.4 is 5.73 Å². The van der Waals surface area contributed by atoms with Gasteiger partial charge in [-0.3, -0.25) is 14.9 Å². The molecule has 1 aliphatic rings. The number of aromatic nitrogens is 1. The van der Waals surface area contributed by atoms with Crippen LogP contribution in [0, 0.1) is 17.0 Å². The Hall–Kier alpha value is -2.41. The molecule has 7 heteroatoms. The lowest BCUT2D eigenvalue weighted by Crippen LogP contribution is -2.32. The fraction of sp³-hybridized carbons (Fsp3) is 0.400. The van der Waals surface area contributed by atoms with E-state index in [2.05, 4.69) is 4.98 Å². The second-order valence-corrected chi connectivity index (χ2v) is 5.83. The predicted octanol–water partition coefficient (Wildman–Crippen LogP) is 2.22. The highest BCUT2D eigenvalue weighted by Gasteiger charge is 2.34. The summed E-state index contributed by atoms with van der Waals surface area (Å²) in [5.41, 5.74) is 8.46. The number of nitrogens with two attached hydrogens (primary N) is 1. The smallest absolute Gasteiger partial charge is 0.320 e. The van der Waals surface area contributed by atoms with Crippen LogP contribution in [0.3, 0.4) is 0 Å². The van der Waals surface area contributed by atoms with Gasteiger partial charge in [-0.1, -0.05) is 0 Å². The van der Waals surface area contributed by atoms with Crippen molar-refractivity contribution in [3.8, 4) is 0 Å². The van der Waals surface area contributed by atoms with Crippen LogP contribution in [0.5, 0.6) is 0 Å². The van der Waals surface area contributed by atoms with Crippen LogP contribution in [0.2, 0.25) is 0 Å². The van der Waals surface area contributed by atoms with Gasteiger partial charge in [0.2, 0.25) is 0 Å². The van der Waals surface area contributed by atoms with Crippen molar-refractivity contribution in [3.05, 3.63) is 39.1 Å². The summed E-state index contributed by atoms with van der Waals surface area (Å²) in [6.45, 7) is 1.78. The molecule has 0 spiro atoms. The van der Waals surface area contributed by atoms with Crippen molar-refractivity contribution in [2.75, 3.05) is 0 Å². The standard InChI is InChI=1S/C15H17N3O4/c1-7-10(6-11(16)15(19)20)13-12(17-7)5-4-9(8-2-3-8)14(13)18(21)22/h4-5,8,11,17H,2-3,6,16H2,1H3,(H,19,20). The number of rotatable bonds is 5. The third-order valence-corrected chi connectivity index (χ3v) is 4.23. The fourth-order valence-electron chi connectivity index (χ4n) is 2.96. The maximum absolute atomic E-state index is 11.6. The molecule has 22 heavy (non-hydrogen) atoms. The number of nitro groups is 1. The van der Waals surface area contributed by atoms with Gasteiger partial charge in [0, 0.05) is 17.7 Å². The molecule has 2 aromatic rings. The van der Waals surface area contributed by atoms with Gasteiger partial charge in [0.25, 0.3) is 5.69 Å². The van der Waals surface area contributed by atoms with Crippen molar-refractivity contribution >= 4 is 22.6 Å². The molecule has 3 rings (SSSR count). The second-order valence-electron chi connectivity index (χ2n) is 5.83. The number of carbonyl (C=O) groups is 1. The molecule has 1 saturated carbocycles. The van der Waals surface area contributed by atoms with E-state index in [1.165, 1.54) is 0 Å². The highest BCUT2D eigenvalue weighted by Crippen LogP contribution is 2.47. The zero-order valence-electron chi connectivity index (χ0n) is 12.1. The number of H-pyrrole nitrogens is 1. The van der Waals surface area contributed by atoms with Gasteiger partial charge in [0.1, 0.15) is 6.04 Å². The molecule has 1 fully saturated rings. The normalized spacial score (nSPS) is 15.9. The molecule has 1 aromatic heterocycles. The van der Waals surface area contributed by atoms with Gasteiger partial charge < -0.3 is 15.8 Å². The van der Waals surface area contributed by atoms with Gasteiger partial charge in [-0.25, -0.2) is 0 Å². The third kappa shape index (κ3) is 2.33. The summed E-state index contributed by atoms with van der Waals surface area (Å²) in [4.78, 5) is 25.3. The highest BCUT2D eigenvalue weighted by molar-refractivity contribution is 5.95. The molecule has 116 valence electrons. The zero-order valence-corrected chi connectivity index (χ0v) is 12.1. The first kappa shape index (κ1) is 14.5. The summed E-state index contributed by atoms with van der Waals surface area (Å²) in [5, 5.41) is 21.1. The van der Waals surface area contributed by atoms with Crippen molar-refractivity contribution in [2.24, 2.45) is 5.73 Å². The average Bonchev–Trinajstić information content (AvgIpc) is 3.24. The number of carboxylic acids is 1. The second kappa shape index (κ2) is 5.10. The minimum Gasteiger partial charge on any atom is -0.480 e. The van der Waals surface area contributed by atoms with E-state index < -0.39 is 12.0 Å². The van der Waals surface area contributed by atoms with E-state index in [1.54, 1.807) is 13.0 Å². The largest absolute Gasteiger partial charge is 0.480 e. The number of hydrogen-bond acceptors (Lipinski definition) is 4. The fourth-order valence-corrected chi connectivity index (χ4v) is 2.96. The van der Waals surface area contributed by atoms with Gasteiger partial charge in [-0.15, -0.1) is 0 Å². The molecular formula is C15H17N3O4. The molecular weight excluding hydrogens is 286 g/mol. The first-order chi connectivity index (χ1) is 10.4. The molecule has 0 amide bonds. The highest BCUT2D eigenvalue weighted by atomic mass is 16.6. The van der Waals surface area contributed by atoms with E-state index in [0.717, 1.165) is 24.1 Å². The van der Waals surface area contributed by atoms with E-state index in [9.17, 15) is 14.9 Å². The van der Waals surface area contributed by atoms with Crippen molar-refractivity contribution in [3.63, 3.8) is 0 Å². The van der Waals surface area contributed by atoms with Crippen molar-refractivity contribution < 1.29 is 14.8 Å². The van der Waals surface area contributed by atoms with Crippen molar-refractivity contribution in [1.29, 1.82) is 0 Å². The Bertz CT molecular complexity index is 777. The van der Waals surface area contributed by atoms with Crippen molar-refractivity contribution in [2.45, 2.75) is 38.1 Å². The number of aliphatic carboxylic acids is 1. The first-order valence-corrected chi connectivity index (χ1v) is 7.17. The van der Waals surface area contributed by atoms with Crippen LogP contribution in [0.4, 0.5) is 5.69 Å². The van der Waals surface area contributed by atoms with Gasteiger partial charge in [0.05, 0.1) is 15.8 Å². The van der Waals surface area contributed by atoms with E-state index in [1.807, 2.05) is 6.07 Å². The number of nitrogens with zero attached hydrogens (tertiary/aromatic N) is 1. The van der Waals surface area contributed by atoms with Crippen LogP contribution in [-0.2, 0) is 11.2 Å². The molecule has 4 N–H and O–H groups in total. The monoisotopic (exact) mass is 303 g/mol. The SMILES string of the molecule is Cc1[nH]c2ccc(C3CC3)c([N+](=O)[O-])c2c1CC(N)C(=O)O. The topological polar surface area (TPSA) is 122 Å². The molecule has 0 aliphatic heterocycles. The summed E-state index contributed by atoms with van der Waals surface area (Å²) < 4.78 is 0. The molecule has 1 atom stereocenters. The Morgan fingerprint density at radius 2 is 2.23 bits per heavy atom. The van der Waals surface area contributed by atoms with Crippen LogP contribution >= 0.6 is 0 Å². The molecule has 1 aliphatic carbocycles. The van der Waals surface area contributed by atoms with Gasteiger partial charge in [0.15, 0.2) is 0 Å². The summed E-state index contributed by atoms with van der Waals surface area (Å²) in [7, 11) is 0. The van der Waals surface area contributed by atoms with Crippen LogP contribution in [0.15, 0.2) is 12.1 Å². The summed E-state index contributed by atoms with van der Waals surface area (Å²) in [6, 6.07) is 2.55. The predicted molar refractivity (Wildman–Crippen MR) is 81.0 cm³/mol. The number of aryl methyl sites for hydroxylation is 1. The minimum absolute atomic E-state index is 0.0656. The number of nitrogens with one attached hydrogen (secondary N) is 1. The molecule has 0 saturated heterocycles. The molecule has 1 unspecified atom stereocenters. The Morgan fingerprint density at radius 1 is 1.55 bits per heavy atom. The van der Waals surface area contributed by atoms with Crippen LogP contribution in [0.1, 0.15) is 35.6 Å². The molecule has 0 radical (unpaired) electrons. The molecule has 0 bridgehead atoms. The molecule has 1 aromatic carbocycles. The Kier molecular flexibility index (Phi) is 3.37. The van der Waals surface area contributed by atoms with Gasteiger partial charge in [-0.05, 0) is 43.4 Å². The lowest BCUT2D eigenvalue weighted by molar-refractivity contribution is -0.383. The van der Waals surface area contributed by atoms with E-state index in [4.69, 9.17) is 10.8 Å². The summed E-state index contributed by atoms with van der Waals surface area (Å²) in [5.74, 6) is -0.879. The Morgan fingerprint density at radius 3 is 2.77 bits per heavy atom. The van der Waals surface area contributed by atoms with Crippen molar-refractivity contribution in [1.82, 2.24) is 4.98 Å². The average molecular weight is 303 g/mol. The van der Waals surface area contributed by atoms with E-state index in [0.29, 0.717) is 16.5 Å². The number of aromatic amines is 1. The quantitative estimate of drug-likeness (QED) is 0.577. The Labute approximate surface area is 126 Å². The van der Waals surface area contributed by atoms with Crippen LogP contribution in [-0.4, -0.2) is 27.0 Å². The Balaban J connectivity index is 2.22. The van der Waals surface area contributed by atoms with Crippen LogP contribution in [0.25, 0.3) is 10.9 Å². The number of fused-ring (bicyclic) bond motifs is 1. The zero-order chi connectivity index (χ0) is 16.0. The molecule has 7 nitrogen and oxygen atoms in total. The van der Waals surface area contributed by atoms with E-state index >= 15 is 0 Å². The number of hydrogen-bond donors (Lipinski definition) is 3. The number of benzene rings is 1. The molecule has 1 heterocycles. The summed E-state index contributed by atoms with van der Waals surface area (Å²) in [6.07, 6.45) is 1.98. The number of nitro benzene ring substituents is 1. The van der Waals surface area contributed by atoms with Gasteiger partial charge in [-0.2, -0.15) is 0 Å². The van der Waals surface area contributed by atoms with Gasteiger partial charge >= 0.3 is 5.97 Å². The lowest BCUT2D eigenvalue weighted by atomic mass is 9.98. The maximum atomic E-state index is 11.6. The third-order valence-electron chi connectivity index (χ3n) is 4.23.